The van der Waals surface area contributed by atoms with Crippen LogP contribution >= 0.6 is 11.3 Å². The van der Waals surface area contributed by atoms with E-state index in [1.165, 1.54) is 11.3 Å². The van der Waals surface area contributed by atoms with Crippen LogP contribution in [0.2, 0.25) is 0 Å². The van der Waals surface area contributed by atoms with Crippen LogP contribution in [-0.4, -0.2) is 18.4 Å². The summed E-state index contributed by atoms with van der Waals surface area (Å²) in [6.07, 6.45) is 0. The standard InChI is InChI=1S/C9H10O3S/c1-3-12-9(11)8(10)7-4-6(2)13-5-7/h4-5H,3H2,1-2H3. The zero-order valence-corrected chi connectivity index (χ0v) is 8.31. The molecule has 0 aromatic carbocycles. The summed E-state index contributed by atoms with van der Waals surface area (Å²) in [5.41, 5.74) is 0.418. The fourth-order valence-electron chi connectivity index (χ4n) is 0.877. The van der Waals surface area contributed by atoms with E-state index in [-0.39, 0.29) is 6.61 Å². The number of ketones is 1. The summed E-state index contributed by atoms with van der Waals surface area (Å²) in [4.78, 5) is 23.3. The molecule has 70 valence electrons. The highest BCUT2D eigenvalue weighted by molar-refractivity contribution is 7.10. The van der Waals surface area contributed by atoms with Gasteiger partial charge in [0.1, 0.15) is 0 Å². The van der Waals surface area contributed by atoms with Gasteiger partial charge in [0.2, 0.25) is 0 Å². The first-order chi connectivity index (χ1) is 6.15. The Balaban J connectivity index is 2.73. The van der Waals surface area contributed by atoms with Crippen LogP contribution in [0.25, 0.3) is 0 Å². The molecule has 0 spiro atoms. The number of hydrogen-bond donors (Lipinski definition) is 0. The molecule has 0 atom stereocenters. The average molecular weight is 198 g/mol. The van der Waals surface area contributed by atoms with Crippen molar-refractivity contribution in [2.45, 2.75) is 13.8 Å². The molecule has 0 radical (unpaired) electrons. The van der Waals surface area contributed by atoms with Crippen LogP contribution in [0.15, 0.2) is 11.4 Å². The Morgan fingerprint density at radius 2 is 2.23 bits per heavy atom. The Bertz CT molecular complexity index is 327. The van der Waals surface area contributed by atoms with Gasteiger partial charge in [-0.1, -0.05) is 0 Å². The highest BCUT2D eigenvalue weighted by Crippen LogP contribution is 2.13. The summed E-state index contributed by atoms with van der Waals surface area (Å²) in [7, 11) is 0. The van der Waals surface area contributed by atoms with Gasteiger partial charge in [-0.2, -0.15) is 0 Å². The van der Waals surface area contributed by atoms with Gasteiger partial charge in [-0.15, -0.1) is 11.3 Å². The third-order valence-corrected chi connectivity index (χ3v) is 2.31. The highest BCUT2D eigenvalue weighted by Gasteiger charge is 2.17. The second kappa shape index (κ2) is 4.18. The van der Waals surface area contributed by atoms with E-state index in [9.17, 15) is 9.59 Å². The molecule has 0 saturated carbocycles. The predicted octanol–water partition coefficient (Wildman–Crippen LogP) is 1.80. The highest BCUT2D eigenvalue weighted by atomic mass is 32.1. The second-order valence-corrected chi connectivity index (χ2v) is 3.61. The molecule has 0 aliphatic rings. The molecule has 0 amide bonds. The maximum Gasteiger partial charge on any atom is 0.379 e. The van der Waals surface area contributed by atoms with E-state index < -0.39 is 11.8 Å². The minimum absolute atomic E-state index is 0.230. The van der Waals surface area contributed by atoms with Crippen LogP contribution in [-0.2, 0) is 9.53 Å². The Kier molecular flexibility index (Phi) is 3.19. The van der Waals surface area contributed by atoms with Crippen molar-refractivity contribution in [1.29, 1.82) is 0 Å². The molecule has 0 N–H and O–H groups in total. The summed E-state index contributed by atoms with van der Waals surface area (Å²) in [5, 5.41) is 1.66. The lowest BCUT2D eigenvalue weighted by molar-refractivity contribution is -0.137. The number of carbonyl (C=O) groups is 2. The summed E-state index contributed by atoms with van der Waals surface area (Å²) in [6.45, 7) is 3.78. The molecule has 0 unspecified atom stereocenters. The molecule has 4 heteroatoms. The zero-order valence-electron chi connectivity index (χ0n) is 7.49. The van der Waals surface area contributed by atoms with Crippen LogP contribution in [0.1, 0.15) is 22.2 Å². The molecule has 1 aromatic heterocycles. The number of rotatable bonds is 3. The topological polar surface area (TPSA) is 43.4 Å². The first kappa shape index (κ1) is 9.92. The summed E-state index contributed by atoms with van der Waals surface area (Å²) in [5.74, 6) is -1.34. The fraction of sp³-hybridized carbons (Fsp3) is 0.333. The van der Waals surface area contributed by atoms with E-state index in [1.807, 2.05) is 6.92 Å². The molecule has 1 heterocycles. The van der Waals surface area contributed by atoms with Crippen LogP contribution in [0, 0.1) is 6.92 Å². The molecule has 0 bridgehead atoms. The van der Waals surface area contributed by atoms with Crippen molar-refractivity contribution in [3.8, 4) is 0 Å². The SMILES string of the molecule is CCOC(=O)C(=O)c1csc(C)c1. The van der Waals surface area contributed by atoms with Gasteiger partial charge in [0.05, 0.1) is 6.61 Å². The van der Waals surface area contributed by atoms with Gasteiger partial charge in [-0.25, -0.2) is 4.79 Å². The van der Waals surface area contributed by atoms with Gasteiger partial charge in [0, 0.05) is 15.8 Å². The van der Waals surface area contributed by atoms with Crippen molar-refractivity contribution in [3.63, 3.8) is 0 Å². The molecule has 0 aliphatic heterocycles. The molecular formula is C9H10O3S. The molecule has 3 nitrogen and oxygen atoms in total. The number of ether oxygens (including phenoxy) is 1. The number of carbonyl (C=O) groups excluding carboxylic acids is 2. The van der Waals surface area contributed by atoms with Crippen molar-refractivity contribution in [2.75, 3.05) is 6.61 Å². The van der Waals surface area contributed by atoms with Crippen molar-refractivity contribution >= 4 is 23.1 Å². The molecule has 0 aliphatic carbocycles. The minimum atomic E-state index is -0.778. The first-order valence-corrected chi connectivity index (χ1v) is 4.79. The van der Waals surface area contributed by atoms with E-state index >= 15 is 0 Å². The van der Waals surface area contributed by atoms with Gasteiger partial charge >= 0.3 is 5.97 Å². The third-order valence-electron chi connectivity index (χ3n) is 1.45. The third kappa shape index (κ3) is 2.39. The minimum Gasteiger partial charge on any atom is -0.460 e. The lowest BCUT2D eigenvalue weighted by Gasteiger charge is -1.97. The molecular weight excluding hydrogens is 188 g/mol. The quantitative estimate of drug-likeness (QED) is 0.422. The largest absolute Gasteiger partial charge is 0.460 e. The van der Waals surface area contributed by atoms with Gasteiger partial charge in [-0.05, 0) is 19.9 Å². The van der Waals surface area contributed by atoms with E-state index in [4.69, 9.17) is 0 Å². The van der Waals surface area contributed by atoms with Crippen molar-refractivity contribution in [3.05, 3.63) is 21.9 Å². The Morgan fingerprint density at radius 1 is 1.54 bits per heavy atom. The molecule has 13 heavy (non-hydrogen) atoms. The number of hydrogen-bond acceptors (Lipinski definition) is 4. The predicted molar refractivity (Wildman–Crippen MR) is 50.0 cm³/mol. The fourth-order valence-corrected chi connectivity index (χ4v) is 1.56. The van der Waals surface area contributed by atoms with Gasteiger partial charge in [-0.3, -0.25) is 4.79 Å². The maximum absolute atomic E-state index is 11.3. The van der Waals surface area contributed by atoms with Crippen LogP contribution in [0.5, 0.6) is 0 Å². The number of Topliss-reactive ketones (excluding diaryl/α,β-unsaturated/α-hetero) is 1. The monoisotopic (exact) mass is 198 g/mol. The van der Waals surface area contributed by atoms with E-state index in [0.29, 0.717) is 5.56 Å². The Hall–Kier alpha value is -1.16. The Labute approximate surface area is 80.3 Å². The normalized spacial score (nSPS) is 9.69. The summed E-state index contributed by atoms with van der Waals surface area (Å²) in [6, 6.07) is 1.68. The lowest BCUT2D eigenvalue weighted by Crippen LogP contribution is -2.16. The summed E-state index contributed by atoms with van der Waals surface area (Å²) >= 11 is 1.44. The summed E-state index contributed by atoms with van der Waals surface area (Å²) < 4.78 is 4.58. The van der Waals surface area contributed by atoms with Crippen LogP contribution < -0.4 is 0 Å². The van der Waals surface area contributed by atoms with Gasteiger partial charge in [0.25, 0.3) is 5.78 Å². The van der Waals surface area contributed by atoms with Crippen molar-refractivity contribution in [2.24, 2.45) is 0 Å². The van der Waals surface area contributed by atoms with E-state index in [1.54, 1.807) is 18.4 Å². The lowest BCUT2D eigenvalue weighted by atomic mass is 10.2. The number of aryl methyl sites for hydroxylation is 1. The number of thiophene rings is 1. The van der Waals surface area contributed by atoms with Crippen LogP contribution in [0.3, 0.4) is 0 Å². The first-order valence-electron chi connectivity index (χ1n) is 3.91. The van der Waals surface area contributed by atoms with E-state index in [2.05, 4.69) is 4.74 Å². The molecule has 0 saturated heterocycles. The van der Waals surface area contributed by atoms with Crippen LogP contribution in [0.4, 0.5) is 0 Å². The Morgan fingerprint density at radius 3 is 2.69 bits per heavy atom. The van der Waals surface area contributed by atoms with Crippen molar-refractivity contribution < 1.29 is 14.3 Å². The smallest absolute Gasteiger partial charge is 0.379 e. The molecule has 1 aromatic rings. The second-order valence-electron chi connectivity index (χ2n) is 2.50. The molecule has 1 rings (SSSR count). The molecule has 0 fully saturated rings. The maximum atomic E-state index is 11.3. The van der Waals surface area contributed by atoms with E-state index in [0.717, 1.165) is 4.88 Å². The van der Waals surface area contributed by atoms with Crippen molar-refractivity contribution in [1.82, 2.24) is 0 Å². The number of esters is 1. The van der Waals surface area contributed by atoms with Gasteiger partial charge in [0.15, 0.2) is 0 Å². The average Bonchev–Trinajstić information content (AvgIpc) is 2.51. The zero-order chi connectivity index (χ0) is 9.84. The van der Waals surface area contributed by atoms with Gasteiger partial charge < -0.3 is 4.74 Å².